The molecular formula is C21H21N7O. The molecule has 0 unspecified atom stereocenters. The second kappa shape index (κ2) is 7.48. The van der Waals surface area contributed by atoms with Crippen LogP contribution in [0.1, 0.15) is 15.9 Å². The van der Waals surface area contributed by atoms with Crippen LogP contribution in [0.3, 0.4) is 0 Å². The minimum Gasteiger partial charge on any atom is -0.368 e. The summed E-state index contributed by atoms with van der Waals surface area (Å²) in [5.41, 5.74) is 4.70. The first-order valence-corrected chi connectivity index (χ1v) is 9.70. The number of rotatable bonds is 4. The third-order valence-electron chi connectivity index (χ3n) is 5.23. The third-order valence-corrected chi connectivity index (χ3v) is 5.23. The van der Waals surface area contributed by atoms with E-state index in [1.165, 1.54) is 0 Å². The lowest BCUT2D eigenvalue weighted by Gasteiger charge is -2.29. The third kappa shape index (κ3) is 3.38. The lowest BCUT2D eigenvalue weighted by Crippen LogP contribution is -2.43. The van der Waals surface area contributed by atoms with Gasteiger partial charge in [-0.25, -0.2) is 4.98 Å². The summed E-state index contributed by atoms with van der Waals surface area (Å²) in [6, 6.07) is 9.66. The normalized spacial score (nSPS) is 15.7. The molecule has 0 aromatic carbocycles. The SMILES string of the molecule is O=C1NCc2c(-c3ccccn3)ncc(Nc3ccc(N4CCNCC4)cn3)c21. The number of amides is 1. The first kappa shape index (κ1) is 17.6. The van der Waals surface area contributed by atoms with Crippen molar-refractivity contribution in [3.05, 3.63) is 60.0 Å². The Morgan fingerprint density at radius 1 is 1.00 bits per heavy atom. The molecule has 2 aliphatic rings. The average molecular weight is 387 g/mol. The molecule has 0 saturated carbocycles. The van der Waals surface area contributed by atoms with Crippen LogP contribution in [0, 0.1) is 0 Å². The fourth-order valence-corrected chi connectivity index (χ4v) is 3.77. The number of aromatic nitrogens is 3. The molecule has 1 amide bonds. The summed E-state index contributed by atoms with van der Waals surface area (Å²) in [6.45, 7) is 4.35. The van der Waals surface area contributed by atoms with Crippen LogP contribution in [0.5, 0.6) is 0 Å². The zero-order chi connectivity index (χ0) is 19.6. The fourth-order valence-electron chi connectivity index (χ4n) is 3.77. The van der Waals surface area contributed by atoms with Gasteiger partial charge in [-0.1, -0.05) is 6.07 Å². The second-order valence-electron chi connectivity index (χ2n) is 7.04. The van der Waals surface area contributed by atoms with Gasteiger partial charge in [-0.15, -0.1) is 0 Å². The van der Waals surface area contributed by atoms with E-state index < -0.39 is 0 Å². The van der Waals surface area contributed by atoms with Gasteiger partial charge in [0.1, 0.15) is 5.82 Å². The van der Waals surface area contributed by atoms with Crippen molar-refractivity contribution >= 4 is 23.1 Å². The van der Waals surface area contributed by atoms with Crippen molar-refractivity contribution in [2.75, 3.05) is 36.4 Å². The number of hydrogen-bond acceptors (Lipinski definition) is 7. The van der Waals surface area contributed by atoms with Gasteiger partial charge in [0.2, 0.25) is 0 Å². The van der Waals surface area contributed by atoms with Crippen LogP contribution in [0.2, 0.25) is 0 Å². The van der Waals surface area contributed by atoms with Gasteiger partial charge in [0.15, 0.2) is 0 Å². The maximum atomic E-state index is 12.5. The number of pyridine rings is 3. The van der Waals surface area contributed by atoms with Crippen LogP contribution in [0.25, 0.3) is 11.4 Å². The molecule has 0 atom stereocenters. The zero-order valence-corrected chi connectivity index (χ0v) is 15.9. The van der Waals surface area contributed by atoms with Crippen molar-refractivity contribution in [1.82, 2.24) is 25.6 Å². The lowest BCUT2D eigenvalue weighted by molar-refractivity contribution is 0.0966. The summed E-state index contributed by atoms with van der Waals surface area (Å²) in [5.74, 6) is 0.567. The van der Waals surface area contributed by atoms with Crippen LogP contribution in [-0.4, -0.2) is 47.0 Å². The van der Waals surface area contributed by atoms with E-state index in [1.807, 2.05) is 30.5 Å². The van der Waals surface area contributed by atoms with Gasteiger partial charge in [-0.2, -0.15) is 0 Å². The number of piperazine rings is 1. The van der Waals surface area contributed by atoms with Crippen LogP contribution < -0.4 is 20.9 Å². The van der Waals surface area contributed by atoms with Crippen molar-refractivity contribution < 1.29 is 4.79 Å². The van der Waals surface area contributed by atoms with Gasteiger partial charge in [0.25, 0.3) is 5.91 Å². The van der Waals surface area contributed by atoms with E-state index in [-0.39, 0.29) is 5.91 Å². The van der Waals surface area contributed by atoms with Crippen LogP contribution in [0.15, 0.2) is 48.9 Å². The Kier molecular flexibility index (Phi) is 4.53. The molecule has 8 heteroatoms. The Morgan fingerprint density at radius 3 is 2.66 bits per heavy atom. The van der Waals surface area contributed by atoms with Gasteiger partial charge < -0.3 is 20.9 Å². The summed E-state index contributed by atoms with van der Waals surface area (Å²) >= 11 is 0. The average Bonchev–Trinajstić information content (AvgIpc) is 3.18. The van der Waals surface area contributed by atoms with Gasteiger partial charge in [0.05, 0.1) is 40.7 Å². The van der Waals surface area contributed by atoms with E-state index in [2.05, 4.69) is 41.9 Å². The van der Waals surface area contributed by atoms with E-state index in [1.54, 1.807) is 12.4 Å². The Balaban J connectivity index is 1.43. The summed E-state index contributed by atoms with van der Waals surface area (Å²) in [6.07, 6.45) is 5.27. The standard InChI is InChI=1S/C21H21N7O/c29-21-19-15(12-26-21)20(16-3-1-2-6-23-16)25-13-17(19)27-18-5-4-14(11-24-18)28-9-7-22-8-10-28/h1-6,11,13,22H,7-10,12H2,(H,24,27)(H,26,29). The summed E-state index contributed by atoms with van der Waals surface area (Å²) in [5, 5.41) is 9.50. The van der Waals surface area contributed by atoms with E-state index >= 15 is 0 Å². The highest BCUT2D eigenvalue weighted by Gasteiger charge is 2.27. The molecule has 5 rings (SSSR count). The lowest BCUT2D eigenvalue weighted by atomic mass is 10.0. The van der Waals surface area contributed by atoms with Gasteiger partial charge >= 0.3 is 0 Å². The van der Waals surface area contributed by atoms with Crippen LogP contribution >= 0.6 is 0 Å². The van der Waals surface area contributed by atoms with E-state index in [0.717, 1.165) is 48.8 Å². The predicted octanol–water partition coefficient (Wildman–Crippen LogP) is 1.94. The fraction of sp³-hybridized carbons (Fsp3) is 0.238. The molecule has 2 aliphatic heterocycles. The summed E-state index contributed by atoms with van der Waals surface area (Å²) < 4.78 is 0. The predicted molar refractivity (Wildman–Crippen MR) is 111 cm³/mol. The van der Waals surface area contributed by atoms with E-state index in [0.29, 0.717) is 23.6 Å². The van der Waals surface area contributed by atoms with Gasteiger partial charge in [-0.3, -0.25) is 14.8 Å². The molecule has 0 bridgehead atoms. The van der Waals surface area contributed by atoms with Gasteiger partial charge in [0, 0.05) is 44.5 Å². The minimum atomic E-state index is -0.112. The molecule has 146 valence electrons. The van der Waals surface area contributed by atoms with Crippen molar-refractivity contribution in [2.45, 2.75) is 6.54 Å². The maximum absolute atomic E-state index is 12.5. The van der Waals surface area contributed by atoms with Crippen molar-refractivity contribution in [1.29, 1.82) is 0 Å². The second-order valence-corrected chi connectivity index (χ2v) is 7.04. The number of hydrogen-bond donors (Lipinski definition) is 3. The highest BCUT2D eigenvalue weighted by atomic mass is 16.1. The molecule has 0 radical (unpaired) electrons. The quantitative estimate of drug-likeness (QED) is 0.630. The highest BCUT2D eigenvalue weighted by Crippen LogP contribution is 2.32. The topological polar surface area (TPSA) is 95.1 Å². The Bertz CT molecular complexity index is 1030. The largest absolute Gasteiger partial charge is 0.368 e. The molecular weight excluding hydrogens is 366 g/mol. The number of nitrogens with one attached hydrogen (secondary N) is 3. The molecule has 1 saturated heterocycles. The van der Waals surface area contributed by atoms with Crippen molar-refractivity contribution in [3.8, 4) is 11.4 Å². The van der Waals surface area contributed by atoms with Crippen LogP contribution in [-0.2, 0) is 6.54 Å². The molecule has 29 heavy (non-hydrogen) atoms. The summed E-state index contributed by atoms with van der Waals surface area (Å²) in [7, 11) is 0. The highest BCUT2D eigenvalue weighted by molar-refractivity contribution is 6.05. The Hall–Kier alpha value is -3.52. The zero-order valence-electron chi connectivity index (χ0n) is 15.9. The first-order valence-electron chi connectivity index (χ1n) is 9.70. The number of carbonyl (C=O) groups is 1. The monoisotopic (exact) mass is 387 g/mol. The maximum Gasteiger partial charge on any atom is 0.254 e. The number of anilines is 3. The molecule has 8 nitrogen and oxygen atoms in total. The van der Waals surface area contributed by atoms with Crippen molar-refractivity contribution in [3.63, 3.8) is 0 Å². The number of nitrogens with zero attached hydrogens (tertiary/aromatic N) is 4. The number of carbonyl (C=O) groups excluding carboxylic acids is 1. The van der Waals surface area contributed by atoms with E-state index in [4.69, 9.17) is 0 Å². The molecule has 1 fully saturated rings. The Labute approximate surface area is 168 Å². The molecule has 3 aromatic heterocycles. The van der Waals surface area contributed by atoms with E-state index in [9.17, 15) is 4.79 Å². The minimum absolute atomic E-state index is 0.112. The molecule has 5 heterocycles. The van der Waals surface area contributed by atoms with Crippen molar-refractivity contribution in [2.24, 2.45) is 0 Å². The smallest absolute Gasteiger partial charge is 0.254 e. The van der Waals surface area contributed by atoms with Crippen LogP contribution in [0.4, 0.5) is 17.2 Å². The number of fused-ring (bicyclic) bond motifs is 1. The van der Waals surface area contributed by atoms with Gasteiger partial charge in [-0.05, 0) is 24.3 Å². The Morgan fingerprint density at radius 2 is 1.90 bits per heavy atom. The molecule has 3 aromatic rings. The summed E-state index contributed by atoms with van der Waals surface area (Å²) in [4.78, 5) is 28.3. The molecule has 0 spiro atoms. The molecule has 3 N–H and O–H groups in total. The first-order chi connectivity index (χ1) is 14.3. The molecule has 0 aliphatic carbocycles.